The van der Waals surface area contributed by atoms with Gasteiger partial charge in [0.15, 0.2) is 0 Å². The van der Waals surface area contributed by atoms with E-state index < -0.39 is 0 Å². The first-order chi connectivity index (χ1) is 6.77. The van der Waals surface area contributed by atoms with Gasteiger partial charge in [-0.1, -0.05) is 0 Å². The van der Waals surface area contributed by atoms with Crippen molar-refractivity contribution in [3.8, 4) is 5.75 Å². The van der Waals surface area contributed by atoms with Gasteiger partial charge in [0.1, 0.15) is 0 Å². The van der Waals surface area contributed by atoms with Crippen LogP contribution in [0.3, 0.4) is 0 Å². The number of halogens is 1. The molecule has 1 aromatic carbocycles. The van der Waals surface area contributed by atoms with E-state index in [0.29, 0.717) is 0 Å². The summed E-state index contributed by atoms with van der Waals surface area (Å²) in [6, 6.07) is 6.26. The van der Waals surface area contributed by atoms with Gasteiger partial charge in [0.2, 0.25) is 0 Å². The summed E-state index contributed by atoms with van der Waals surface area (Å²) in [4.78, 5) is 0. The molecule has 1 heterocycles. The van der Waals surface area contributed by atoms with Crippen molar-refractivity contribution >= 4 is 0 Å². The Balaban J connectivity index is 2.30. The summed E-state index contributed by atoms with van der Waals surface area (Å²) in [5, 5.41) is 0. The molecule has 14 heavy (non-hydrogen) atoms. The molecule has 0 N–H and O–H groups in total. The summed E-state index contributed by atoms with van der Waals surface area (Å²) in [6.07, 6.45) is 0.258. The molecule has 0 amide bonds. The van der Waals surface area contributed by atoms with Crippen molar-refractivity contribution < 1.29 is 30.7 Å². The number of fused-ring (bicyclic) bond motifs is 1. The van der Waals surface area contributed by atoms with Crippen LogP contribution in [0.25, 0.3) is 0 Å². The van der Waals surface area contributed by atoms with E-state index >= 15 is 0 Å². The third-order valence-corrected chi connectivity index (χ3v) is 4.67. The Morgan fingerprint density at radius 2 is 2.29 bits per heavy atom. The zero-order valence-electron chi connectivity index (χ0n) is 8.42. The van der Waals surface area contributed by atoms with Crippen LogP contribution < -0.4 is 25.9 Å². The van der Waals surface area contributed by atoms with Crippen molar-refractivity contribution in [2.24, 2.45) is 0 Å². The molecule has 0 aromatic heterocycles. The first-order valence-corrected chi connectivity index (χ1v) is 7.33. The average molecular weight is 305 g/mol. The summed E-state index contributed by atoms with van der Waals surface area (Å²) in [7, 11) is 0. The summed E-state index contributed by atoms with van der Waals surface area (Å²) in [5.74, 6) is 1.08. The van der Waals surface area contributed by atoms with Crippen molar-refractivity contribution in [3.63, 3.8) is 0 Å². The SMILES string of the molecule is CC(C)Oc1cccc2c1[I-]COC2. The second-order valence-corrected chi connectivity index (χ2v) is 5.95. The maximum absolute atomic E-state index is 5.78. The molecule has 2 nitrogen and oxygen atoms in total. The van der Waals surface area contributed by atoms with Crippen LogP contribution in [0.5, 0.6) is 5.75 Å². The fourth-order valence-corrected chi connectivity index (χ4v) is 3.67. The van der Waals surface area contributed by atoms with Crippen molar-refractivity contribution in [3.05, 3.63) is 27.3 Å². The van der Waals surface area contributed by atoms with Crippen LogP contribution in [-0.2, 0) is 11.3 Å². The van der Waals surface area contributed by atoms with Gasteiger partial charge in [0, 0.05) is 0 Å². The Morgan fingerprint density at radius 1 is 1.43 bits per heavy atom. The molecule has 0 saturated carbocycles. The quantitative estimate of drug-likeness (QED) is 0.527. The van der Waals surface area contributed by atoms with Crippen molar-refractivity contribution in [1.82, 2.24) is 0 Å². The summed E-state index contributed by atoms with van der Waals surface area (Å²) in [5.41, 5.74) is 1.32. The molecule has 0 unspecified atom stereocenters. The number of ether oxygens (including phenoxy) is 2. The molecule has 0 radical (unpaired) electrons. The van der Waals surface area contributed by atoms with Crippen molar-refractivity contribution in [1.29, 1.82) is 0 Å². The van der Waals surface area contributed by atoms with Gasteiger partial charge in [0.25, 0.3) is 0 Å². The summed E-state index contributed by atoms with van der Waals surface area (Å²) in [6.45, 7) is 4.89. The first kappa shape index (κ1) is 10.2. The van der Waals surface area contributed by atoms with Gasteiger partial charge in [0.05, 0.1) is 0 Å². The fraction of sp³-hybridized carbons (Fsp3) is 0.455. The maximum atomic E-state index is 5.78. The minimum atomic E-state index is -0.00585. The van der Waals surface area contributed by atoms with Crippen LogP contribution in [-0.4, -0.2) is 10.7 Å². The third-order valence-electron chi connectivity index (χ3n) is 1.93. The van der Waals surface area contributed by atoms with Gasteiger partial charge in [-0.05, 0) is 0 Å². The molecule has 0 bridgehead atoms. The van der Waals surface area contributed by atoms with E-state index in [1.54, 1.807) is 0 Å². The van der Waals surface area contributed by atoms with Crippen LogP contribution in [0.2, 0.25) is 0 Å². The zero-order valence-corrected chi connectivity index (χ0v) is 10.6. The monoisotopic (exact) mass is 305 g/mol. The van der Waals surface area contributed by atoms with Crippen LogP contribution in [0, 0.1) is 3.57 Å². The van der Waals surface area contributed by atoms with Crippen LogP contribution in [0.1, 0.15) is 19.4 Å². The van der Waals surface area contributed by atoms with Gasteiger partial charge in [-0.25, -0.2) is 0 Å². The Bertz CT molecular complexity index is 323. The molecule has 1 aliphatic rings. The molecule has 0 spiro atoms. The topological polar surface area (TPSA) is 18.5 Å². The molecule has 0 aliphatic carbocycles. The van der Waals surface area contributed by atoms with E-state index in [0.717, 1.165) is 17.0 Å². The Hall–Kier alpha value is -0.290. The van der Waals surface area contributed by atoms with Crippen LogP contribution >= 0.6 is 0 Å². The molecule has 3 heteroatoms. The zero-order chi connectivity index (χ0) is 9.97. The molecule has 78 valence electrons. The number of benzene rings is 1. The van der Waals surface area contributed by atoms with E-state index in [4.69, 9.17) is 9.47 Å². The predicted octanol–water partition coefficient (Wildman–Crippen LogP) is -0.780. The molecule has 1 aromatic rings. The fourth-order valence-electron chi connectivity index (χ4n) is 1.41. The van der Waals surface area contributed by atoms with Crippen LogP contribution in [0.15, 0.2) is 18.2 Å². The number of rotatable bonds is 2. The third kappa shape index (κ3) is 2.20. The van der Waals surface area contributed by atoms with E-state index in [1.807, 2.05) is 0 Å². The van der Waals surface area contributed by atoms with Gasteiger partial charge in [-0.3, -0.25) is 0 Å². The molecule has 1 aliphatic heterocycles. The standard InChI is InChI=1S/C11H14IO2/c1-8(2)14-10-5-3-4-9-6-13-7-12-11(9)10/h3-5,8H,6-7H2,1-2H3/q-1. The average Bonchev–Trinajstić information content (AvgIpc) is 2.18. The van der Waals surface area contributed by atoms with Crippen molar-refractivity contribution in [2.45, 2.75) is 26.6 Å². The number of hydrogen-bond donors (Lipinski definition) is 0. The summed E-state index contributed by atoms with van der Waals surface area (Å²) < 4.78 is 13.6. The molecule has 2 rings (SSSR count). The van der Waals surface area contributed by atoms with E-state index in [1.165, 1.54) is 9.13 Å². The predicted molar refractivity (Wildman–Crippen MR) is 50.6 cm³/mol. The second-order valence-electron chi connectivity index (χ2n) is 3.49. The van der Waals surface area contributed by atoms with E-state index in [-0.39, 0.29) is 27.3 Å². The molecule has 0 atom stereocenters. The second kappa shape index (κ2) is 4.49. The minimum absolute atomic E-state index is 0.00585. The molecular formula is C11H14IO2-. The molecule has 0 fully saturated rings. The number of alkyl halides is 1. The van der Waals surface area contributed by atoms with E-state index in [2.05, 4.69) is 32.0 Å². The Kier molecular flexibility index (Phi) is 3.28. The number of hydrogen-bond acceptors (Lipinski definition) is 2. The first-order valence-electron chi connectivity index (χ1n) is 4.73. The van der Waals surface area contributed by atoms with E-state index in [9.17, 15) is 0 Å². The van der Waals surface area contributed by atoms with Gasteiger partial charge in [-0.15, -0.1) is 0 Å². The Labute approximate surface area is 94.9 Å². The van der Waals surface area contributed by atoms with Gasteiger partial charge < -0.3 is 0 Å². The molecule has 0 saturated heterocycles. The van der Waals surface area contributed by atoms with Crippen LogP contribution in [0.4, 0.5) is 0 Å². The Morgan fingerprint density at radius 3 is 3.07 bits per heavy atom. The van der Waals surface area contributed by atoms with Gasteiger partial charge >= 0.3 is 94.9 Å². The van der Waals surface area contributed by atoms with Gasteiger partial charge in [-0.2, -0.15) is 0 Å². The normalized spacial score (nSPS) is 15.9. The molecular weight excluding hydrogens is 291 g/mol. The van der Waals surface area contributed by atoms with Crippen molar-refractivity contribution in [2.75, 3.05) is 4.61 Å². The summed E-state index contributed by atoms with van der Waals surface area (Å²) >= 11 is -0.00585.